The molecule has 0 radical (unpaired) electrons. The number of rotatable bonds is 16. The normalized spacial score (nSPS) is 12.1. The summed E-state index contributed by atoms with van der Waals surface area (Å²) in [5, 5.41) is 18.6. The van der Waals surface area contributed by atoms with Crippen LogP contribution in [0.4, 0.5) is 4.79 Å². The smallest absolute Gasteiger partial charge is 0.408 e. The monoisotopic (exact) mass is 613 g/mol. The van der Waals surface area contributed by atoms with E-state index in [1.807, 2.05) is 36.4 Å². The number of carbonyl (C=O) groups excluding carboxylic acids is 3. The van der Waals surface area contributed by atoms with Gasteiger partial charge in [0, 0.05) is 12.0 Å². The van der Waals surface area contributed by atoms with Crippen LogP contribution in [-0.2, 0) is 29.0 Å². The maximum absolute atomic E-state index is 13.2. The molecule has 1 heterocycles. The molecule has 4 aromatic rings. The van der Waals surface area contributed by atoms with E-state index in [9.17, 15) is 24.3 Å². The Morgan fingerprint density at radius 2 is 1.49 bits per heavy atom. The lowest BCUT2D eigenvalue weighted by atomic mass is 10.0. The molecular weight excluding hydrogens is 578 g/mol. The van der Waals surface area contributed by atoms with Gasteiger partial charge in [-0.1, -0.05) is 78.0 Å². The summed E-state index contributed by atoms with van der Waals surface area (Å²) in [7, 11) is 0. The van der Waals surface area contributed by atoms with Crippen LogP contribution in [0.25, 0.3) is 0 Å². The summed E-state index contributed by atoms with van der Waals surface area (Å²) < 4.78 is 10.6. The van der Waals surface area contributed by atoms with Gasteiger partial charge in [0.2, 0.25) is 17.5 Å². The van der Waals surface area contributed by atoms with E-state index < -0.39 is 35.8 Å². The van der Waals surface area contributed by atoms with Gasteiger partial charge in [-0.15, -0.1) is 0 Å². The topological polar surface area (TPSA) is 187 Å². The van der Waals surface area contributed by atoms with E-state index >= 15 is 0 Å². The van der Waals surface area contributed by atoms with Gasteiger partial charge in [-0.05, 0) is 54.6 Å². The summed E-state index contributed by atoms with van der Waals surface area (Å²) >= 11 is 0. The molecule has 0 saturated carbocycles. The molecule has 0 saturated heterocycles. The molecule has 0 aliphatic rings. The fourth-order valence-electron chi connectivity index (χ4n) is 4.49. The van der Waals surface area contributed by atoms with Crippen molar-refractivity contribution in [3.63, 3.8) is 0 Å². The number of nitrogens with zero attached hydrogens (tertiary/aromatic N) is 2. The van der Waals surface area contributed by atoms with Crippen molar-refractivity contribution in [1.82, 2.24) is 20.8 Å². The first kappa shape index (κ1) is 32.6. The fraction of sp³-hybridized carbons (Fsp3) is 0.273. The van der Waals surface area contributed by atoms with Crippen LogP contribution in [0, 0.1) is 0 Å². The Morgan fingerprint density at radius 1 is 0.822 bits per heavy atom. The number of benzene rings is 3. The fourth-order valence-corrected chi connectivity index (χ4v) is 4.49. The van der Waals surface area contributed by atoms with Crippen molar-refractivity contribution in [2.75, 3.05) is 6.54 Å². The maximum atomic E-state index is 13.2. The first-order chi connectivity index (χ1) is 21.8. The zero-order chi connectivity index (χ0) is 32.0. The minimum absolute atomic E-state index is 0.0526. The zero-order valence-electron chi connectivity index (χ0n) is 24.6. The largest absolute Gasteiger partial charge is 0.480 e. The second-order valence-electron chi connectivity index (χ2n) is 10.3. The predicted octanol–water partition coefficient (Wildman–Crippen LogP) is 3.69. The van der Waals surface area contributed by atoms with Crippen molar-refractivity contribution in [2.24, 2.45) is 5.73 Å². The first-order valence-corrected chi connectivity index (χ1v) is 14.5. The molecule has 2 atom stereocenters. The van der Waals surface area contributed by atoms with Gasteiger partial charge >= 0.3 is 12.1 Å². The summed E-state index contributed by atoms with van der Waals surface area (Å²) in [4.78, 5) is 54.4. The van der Waals surface area contributed by atoms with Crippen LogP contribution in [0.15, 0.2) is 89.5 Å². The molecule has 12 nitrogen and oxygen atoms in total. The molecule has 45 heavy (non-hydrogen) atoms. The number of nitrogens with one attached hydrogen (secondary N) is 2. The van der Waals surface area contributed by atoms with Crippen LogP contribution >= 0.6 is 0 Å². The number of amides is 2. The van der Waals surface area contributed by atoms with Crippen molar-refractivity contribution in [1.29, 1.82) is 0 Å². The van der Waals surface area contributed by atoms with Gasteiger partial charge in [-0.3, -0.25) is 9.59 Å². The van der Waals surface area contributed by atoms with E-state index in [0.29, 0.717) is 25.8 Å². The number of Topliss-reactive ketones (excluding diaryl/α,β-unsaturated/α-hetero) is 1. The summed E-state index contributed by atoms with van der Waals surface area (Å²) in [5.41, 5.74) is 8.20. The average Bonchev–Trinajstić information content (AvgIpc) is 3.52. The molecule has 1 unspecified atom stereocenters. The molecule has 0 aliphatic heterocycles. The summed E-state index contributed by atoms with van der Waals surface area (Å²) in [6.45, 7) is 0.497. The molecule has 4 rings (SSSR count). The number of aromatic nitrogens is 2. The van der Waals surface area contributed by atoms with Crippen LogP contribution < -0.4 is 16.4 Å². The number of carbonyl (C=O) groups is 4. The molecule has 0 bridgehead atoms. The van der Waals surface area contributed by atoms with Crippen LogP contribution in [-0.4, -0.2) is 57.6 Å². The standard InChI is InChI=1S/C33H35N5O7/c34-18-8-7-13-26(36-33(43)44-21-24-11-5-2-6-12-24)29(39)30-37-28(45-38-30)20-23-14-16-25(17-15-23)31(40)35-27(32(41)42)19-22-9-3-1-4-10-22/h1-6,9-12,14-17,26-27H,7-8,13,18-21,34H2,(H,35,40)(H,36,43)(H,41,42)/t26?,27-/m0/s1. The van der Waals surface area contributed by atoms with E-state index in [-0.39, 0.29) is 36.7 Å². The number of unbranched alkanes of at least 4 members (excludes halogenated alkanes) is 1. The van der Waals surface area contributed by atoms with Crippen molar-refractivity contribution < 1.29 is 33.5 Å². The minimum Gasteiger partial charge on any atom is -0.480 e. The average molecular weight is 614 g/mol. The first-order valence-electron chi connectivity index (χ1n) is 14.5. The van der Waals surface area contributed by atoms with Crippen LogP contribution in [0.1, 0.15) is 62.8 Å². The van der Waals surface area contributed by atoms with Gasteiger partial charge in [-0.2, -0.15) is 4.98 Å². The Balaban J connectivity index is 1.34. The molecule has 0 fully saturated rings. The van der Waals surface area contributed by atoms with Crippen molar-refractivity contribution in [3.05, 3.63) is 119 Å². The SMILES string of the molecule is NCCCCC(NC(=O)OCc1ccccc1)C(=O)c1noc(Cc2ccc(C(=O)N[C@@H](Cc3ccccc3)C(=O)O)cc2)n1. The lowest BCUT2D eigenvalue weighted by molar-refractivity contribution is -0.139. The molecule has 12 heteroatoms. The number of alkyl carbamates (subject to hydrolysis) is 1. The van der Waals surface area contributed by atoms with Crippen LogP contribution in [0.3, 0.4) is 0 Å². The molecule has 0 spiro atoms. The van der Waals surface area contributed by atoms with Gasteiger partial charge in [-0.25, -0.2) is 9.59 Å². The molecule has 1 aromatic heterocycles. The van der Waals surface area contributed by atoms with E-state index in [1.54, 1.807) is 48.5 Å². The Labute approximate surface area is 260 Å². The highest BCUT2D eigenvalue weighted by Crippen LogP contribution is 2.13. The van der Waals surface area contributed by atoms with Gasteiger partial charge in [0.1, 0.15) is 12.6 Å². The lowest BCUT2D eigenvalue weighted by Crippen LogP contribution is -2.42. The third-order valence-electron chi connectivity index (χ3n) is 6.91. The highest BCUT2D eigenvalue weighted by molar-refractivity contribution is 5.98. The van der Waals surface area contributed by atoms with Gasteiger partial charge in [0.05, 0.1) is 12.5 Å². The Morgan fingerprint density at radius 3 is 2.13 bits per heavy atom. The molecular formula is C33H35N5O7. The summed E-state index contributed by atoms with van der Waals surface area (Å²) in [6.07, 6.45) is 1.16. The van der Waals surface area contributed by atoms with Crippen molar-refractivity contribution in [3.8, 4) is 0 Å². The number of ether oxygens (including phenoxy) is 1. The molecule has 0 aliphatic carbocycles. The second kappa shape index (κ2) is 16.5. The van der Waals surface area contributed by atoms with Crippen LogP contribution in [0.2, 0.25) is 0 Å². The number of hydrogen-bond donors (Lipinski definition) is 4. The van der Waals surface area contributed by atoms with E-state index in [4.69, 9.17) is 15.0 Å². The van der Waals surface area contributed by atoms with E-state index in [0.717, 1.165) is 16.7 Å². The number of nitrogens with two attached hydrogens (primary N) is 1. The van der Waals surface area contributed by atoms with Crippen molar-refractivity contribution >= 4 is 23.8 Å². The maximum Gasteiger partial charge on any atom is 0.408 e. The highest BCUT2D eigenvalue weighted by Gasteiger charge is 2.27. The number of carboxylic acid groups (broad SMARTS) is 1. The predicted molar refractivity (Wildman–Crippen MR) is 163 cm³/mol. The van der Waals surface area contributed by atoms with E-state index in [2.05, 4.69) is 20.8 Å². The quantitative estimate of drug-likeness (QED) is 0.107. The molecule has 234 valence electrons. The second-order valence-corrected chi connectivity index (χ2v) is 10.3. The van der Waals surface area contributed by atoms with Gasteiger partial charge in [0.25, 0.3) is 5.91 Å². The molecule has 2 amide bonds. The van der Waals surface area contributed by atoms with Crippen molar-refractivity contribution in [2.45, 2.75) is 50.8 Å². The number of aliphatic carboxylic acids is 1. The third kappa shape index (κ3) is 10.1. The Kier molecular flexibility index (Phi) is 11.9. The molecule has 3 aromatic carbocycles. The highest BCUT2D eigenvalue weighted by atomic mass is 16.5. The number of carboxylic acids is 1. The minimum atomic E-state index is -1.13. The summed E-state index contributed by atoms with van der Waals surface area (Å²) in [6, 6.07) is 22.7. The zero-order valence-corrected chi connectivity index (χ0v) is 24.6. The van der Waals surface area contributed by atoms with Crippen LogP contribution in [0.5, 0.6) is 0 Å². The summed E-state index contributed by atoms with van der Waals surface area (Å²) in [5.74, 6) is -2.19. The Hall–Kier alpha value is -5.36. The van der Waals surface area contributed by atoms with Gasteiger partial charge < -0.3 is 30.7 Å². The molecule has 5 N–H and O–H groups in total. The van der Waals surface area contributed by atoms with E-state index in [1.165, 1.54) is 0 Å². The number of hydrogen-bond acceptors (Lipinski definition) is 9. The lowest BCUT2D eigenvalue weighted by Gasteiger charge is -2.16. The third-order valence-corrected chi connectivity index (χ3v) is 6.91. The number of ketones is 1. The Bertz CT molecular complexity index is 1560. The van der Waals surface area contributed by atoms with Gasteiger partial charge in [0.15, 0.2) is 0 Å².